The molecule has 12 rings (SSSR count). The average Bonchev–Trinajstić information content (AvgIpc) is 1.74. The van der Waals surface area contributed by atoms with Gasteiger partial charge in [-0.3, -0.25) is 14.4 Å². The number of imidazole rings is 3. The number of morpholine rings is 1. The number of aromatic amines is 1. The van der Waals surface area contributed by atoms with Gasteiger partial charge in [0.15, 0.2) is 0 Å². The molecular formula is C69H110N12O10. The highest BCUT2D eigenvalue weighted by atomic mass is 16.5. The number of amides is 5. The topological polar surface area (TPSA) is 242 Å². The number of nitrogens with zero attached hydrogens (tertiary/aromatic N) is 8. The SMILES string of the molecule is COC(=O)NCCCn1cc([C@@H](C)N(C(=O)[C@H]2CCCCO2)C2CC2)nc1C1CCCCC1.COC(=O)NCCCn1cc([C@@H](C)N(C(=O)[C@H]2CNCCO2)C2CC2)nc1C1CCCCC1.C[C@H](c1cnc(C2CCCCC2)[nH]1)N(C(=O)[C@H]1CCCCO1)C1CC1. The van der Waals surface area contributed by atoms with Crippen molar-refractivity contribution in [3.05, 3.63) is 53.1 Å². The lowest BCUT2D eigenvalue weighted by Gasteiger charge is -2.33. The first-order valence-electron chi connectivity index (χ1n) is 35.7. The molecular weight excluding hydrogens is 1160 g/mol. The van der Waals surface area contributed by atoms with Crippen molar-refractivity contribution in [2.75, 3.05) is 60.2 Å². The molecule has 0 aromatic carbocycles. The second-order valence-electron chi connectivity index (χ2n) is 27.4. The molecule has 9 aliphatic rings. The van der Waals surface area contributed by atoms with Gasteiger partial charge in [-0.2, -0.15) is 0 Å². The summed E-state index contributed by atoms with van der Waals surface area (Å²) in [6.45, 7) is 12.4. The summed E-state index contributed by atoms with van der Waals surface area (Å²) >= 11 is 0. The van der Waals surface area contributed by atoms with Crippen LogP contribution in [0, 0.1) is 0 Å². The van der Waals surface area contributed by atoms with Crippen molar-refractivity contribution in [2.24, 2.45) is 0 Å². The zero-order chi connectivity index (χ0) is 63.6. The Bertz CT molecular complexity index is 2620. The zero-order valence-corrected chi connectivity index (χ0v) is 55.7. The first-order chi connectivity index (χ1) is 44.4. The van der Waals surface area contributed by atoms with Crippen molar-refractivity contribution in [3.8, 4) is 0 Å². The number of carbonyl (C=O) groups is 5. The molecule has 0 radical (unpaired) electrons. The molecule has 9 fully saturated rings. The van der Waals surface area contributed by atoms with E-state index < -0.39 is 18.3 Å². The quantitative estimate of drug-likeness (QED) is 0.0646. The van der Waals surface area contributed by atoms with E-state index in [1.807, 2.05) is 11.1 Å². The van der Waals surface area contributed by atoms with Crippen LogP contribution in [0.1, 0.15) is 277 Å². The van der Waals surface area contributed by atoms with E-state index in [2.05, 4.69) is 87.5 Å². The lowest BCUT2D eigenvalue weighted by molar-refractivity contribution is -0.150. The van der Waals surface area contributed by atoms with Gasteiger partial charge < -0.3 is 68.5 Å². The third-order valence-corrected chi connectivity index (χ3v) is 20.5. The monoisotopic (exact) mass is 1270 g/mol. The average molecular weight is 1270 g/mol. The van der Waals surface area contributed by atoms with E-state index in [4.69, 9.17) is 24.2 Å². The molecule has 0 bridgehead atoms. The van der Waals surface area contributed by atoms with Gasteiger partial charge in [0, 0.05) is 101 Å². The standard InChI is InChI=1S/C25H40N4O4.C24H39N5O4.C20H31N3O2/c1-18(29(20-12-13-20)24(30)22-11-6-7-16-33-22)21-17-28(15-8-14-26-25(31)32-2)23(27-21)19-9-4-3-5-10-19;1-17(29(19-9-10-19)23(30)21-15-25-12-14-33-21)20-16-28(13-6-11-26-24(31)32-2)22(27-20)18-7-4-3-5-8-18;1-14(17-13-21-19(22-17)15-7-3-2-4-8-15)23(16-10-11-16)20(24)18-9-5-6-12-25-18/h17-20,22H,3-16H2,1-2H3,(H,26,31);16-19,21,25H,3-15H2,1-2H3,(H,26,31);13-16,18H,2-12H2,1H3,(H,21,22)/t18-,22-;17-,21-;14-,18-/m111/s1. The fourth-order valence-corrected chi connectivity index (χ4v) is 14.9. The molecule has 6 heterocycles. The van der Waals surface area contributed by atoms with Crippen LogP contribution in [-0.2, 0) is 51.2 Å². The van der Waals surface area contributed by atoms with E-state index in [-0.39, 0.29) is 54.1 Å². The summed E-state index contributed by atoms with van der Waals surface area (Å²) in [6.07, 6.45) is 37.2. The summed E-state index contributed by atoms with van der Waals surface area (Å²) < 4.78 is 31.2. The van der Waals surface area contributed by atoms with Crippen LogP contribution in [0.15, 0.2) is 18.6 Å². The van der Waals surface area contributed by atoms with E-state index in [0.29, 0.717) is 62.7 Å². The Morgan fingerprint density at radius 2 is 0.934 bits per heavy atom. The summed E-state index contributed by atoms with van der Waals surface area (Å²) in [4.78, 5) is 87.2. The highest BCUT2D eigenvalue weighted by Crippen LogP contribution is 2.41. The zero-order valence-electron chi connectivity index (χ0n) is 55.7. The minimum absolute atomic E-state index is 0.0513. The van der Waals surface area contributed by atoms with Crippen LogP contribution in [0.2, 0.25) is 0 Å². The molecule has 3 aromatic heterocycles. The van der Waals surface area contributed by atoms with Crippen molar-refractivity contribution < 1.29 is 47.7 Å². The summed E-state index contributed by atoms with van der Waals surface area (Å²) in [5.74, 6) is 5.31. The second-order valence-corrected chi connectivity index (χ2v) is 27.4. The van der Waals surface area contributed by atoms with Crippen molar-refractivity contribution >= 4 is 29.9 Å². The molecule has 3 aliphatic heterocycles. The molecule has 0 spiro atoms. The minimum Gasteiger partial charge on any atom is -0.453 e. The number of aromatic nitrogens is 6. The molecule has 6 aliphatic carbocycles. The number of carbonyl (C=O) groups excluding carboxylic acids is 5. The Hall–Kier alpha value is -5.58. The van der Waals surface area contributed by atoms with Gasteiger partial charge in [0.2, 0.25) is 0 Å². The van der Waals surface area contributed by atoms with Crippen LogP contribution >= 0.6 is 0 Å². The van der Waals surface area contributed by atoms with Crippen LogP contribution in [0.25, 0.3) is 0 Å². The summed E-state index contributed by atoms with van der Waals surface area (Å²) in [5.41, 5.74) is 3.02. The highest BCUT2D eigenvalue weighted by Gasteiger charge is 2.44. The van der Waals surface area contributed by atoms with Gasteiger partial charge in [-0.15, -0.1) is 0 Å². The molecule has 0 unspecified atom stereocenters. The second kappa shape index (κ2) is 34.0. The van der Waals surface area contributed by atoms with E-state index in [1.54, 1.807) is 0 Å². The third-order valence-electron chi connectivity index (χ3n) is 20.5. The van der Waals surface area contributed by atoms with Gasteiger partial charge in [0.05, 0.1) is 62.2 Å². The smallest absolute Gasteiger partial charge is 0.406 e. The van der Waals surface area contributed by atoms with E-state index in [1.165, 1.54) is 97.7 Å². The van der Waals surface area contributed by atoms with E-state index in [0.717, 1.165) is 164 Å². The predicted octanol–water partition coefficient (Wildman–Crippen LogP) is 11.1. The Morgan fingerprint density at radius 3 is 1.33 bits per heavy atom. The lowest BCUT2D eigenvalue weighted by atomic mass is 9.88. The number of H-pyrrole nitrogens is 1. The maximum atomic E-state index is 13.4. The molecule has 3 saturated heterocycles. The molecule has 22 heteroatoms. The molecule has 3 aromatic rings. The predicted molar refractivity (Wildman–Crippen MR) is 345 cm³/mol. The van der Waals surface area contributed by atoms with Gasteiger partial charge in [0.25, 0.3) is 17.7 Å². The first kappa shape index (κ1) is 68.3. The molecule has 5 amide bonds. The Labute approximate surface area is 540 Å². The largest absolute Gasteiger partial charge is 0.453 e. The number of aryl methyl sites for hydroxylation is 2. The number of methoxy groups -OCH3 is 2. The fraction of sp³-hybridized carbons (Fsp3) is 0.797. The van der Waals surface area contributed by atoms with Crippen LogP contribution in [-0.4, -0.2) is 170 Å². The van der Waals surface area contributed by atoms with Crippen molar-refractivity contribution in [1.29, 1.82) is 0 Å². The van der Waals surface area contributed by atoms with Crippen molar-refractivity contribution in [1.82, 2.24) is 59.7 Å². The van der Waals surface area contributed by atoms with Crippen molar-refractivity contribution in [2.45, 2.75) is 292 Å². The first-order valence-corrected chi connectivity index (χ1v) is 35.7. The Morgan fingerprint density at radius 1 is 0.527 bits per heavy atom. The van der Waals surface area contributed by atoms with Crippen LogP contribution in [0.3, 0.4) is 0 Å². The summed E-state index contributed by atoms with van der Waals surface area (Å²) in [5, 5.41) is 8.79. The van der Waals surface area contributed by atoms with Crippen LogP contribution in [0.5, 0.6) is 0 Å². The molecule has 6 saturated carbocycles. The Kier molecular flexibility index (Phi) is 25.5. The number of ether oxygens (including phenoxy) is 5. The Balaban J connectivity index is 0.000000151. The summed E-state index contributed by atoms with van der Waals surface area (Å²) in [6, 6.07) is 0.876. The third kappa shape index (κ3) is 18.9. The molecule has 6 atom stereocenters. The number of nitrogens with one attached hydrogen (secondary N) is 4. The lowest BCUT2D eigenvalue weighted by Crippen LogP contribution is -2.50. The normalized spacial score (nSPS) is 23.6. The number of hydrogen-bond donors (Lipinski definition) is 4. The van der Waals surface area contributed by atoms with Crippen LogP contribution < -0.4 is 16.0 Å². The number of alkyl carbamates (subject to hydrolysis) is 2. The minimum atomic E-state index is -0.411. The van der Waals surface area contributed by atoms with Gasteiger partial charge in [-0.25, -0.2) is 24.5 Å². The summed E-state index contributed by atoms with van der Waals surface area (Å²) in [7, 11) is 2.76. The number of hydrogen-bond acceptors (Lipinski definition) is 14. The van der Waals surface area contributed by atoms with E-state index in [9.17, 15) is 24.0 Å². The molecule has 506 valence electrons. The van der Waals surface area contributed by atoms with Crippen LogP contribution in [0.4, 0.5) is 9.59 Å². The molecule has 22 nitrogen and oxygen atoms in total. The van der Waals surface area contributed by atoms with Gasteiger partial charge >= 0.3 is 12.2 Å². The van der Waals surface area contributed by atoms with E-state index >= 15 is 0 Å². The number of rotatable bonds is 23. The fourth-order valence-electron chi connectivity index (χ4n) is 14.9. The van der Waals surface area contributed by atoms with Gasteiger partial charge in [0.1, 0.15) is 35.8 Å². The molecule has 91 heavy (non-hydrogen) atoms. The van der Waals surface area contributed by atoms with Crippen molar-refractivity contribution in [3.63, 3.8) is 0 Å². The van der Waals surface area contributed by atoms with Gasteiger partial charge in [-0.1, -0.05) is 57.8 Å². The highest BCUT2D eigenvalue weighted by molar-refractivity contribution is 5.83. The maximum absolute atomic E-state index is 13.4. The van der Waals surface area contributed by atoms with Gasteiger partial charge in [-0.05, 0) is 149 Å². The maximum Gasteiger partial charge on any atom is 0.406 e. The molecule has 4 N–H and O–H groups in total.